The number of carbonyl (C=O) groups is 1. The molecular formula is C14H18N4O3. The van der Waals surface area contributed by atoms with Gasteiger partial charge in [-0.1, -0.05) is 5.16 Å². The van der Waals surface area contributed by atoms with Crippen molar-refractivity contribution in [1.29, 1.82) is 0 Å². The maximum absolute atomic E-state index is 11.8. The molecule has 2 aromatic heterocycles. The topological polar surface area (TPSA) is 89.3 Å². The lowest BCUT2D eigenvalue weighted by molar-refractivity contribution is 0.211. The quantitative estimate of drug-likeness (QED) is 0.881. The van der Waals surface area contributed by atoms with Crippen molar-refractivity contribution in [3.63, 3.8) is 0 Å². The highest BCUT2D eigenvalue weighted by Gasteiger charge is 2.13. The van der Waals surface area contributed by atoms with Crippen molar-refractivity contribution in [2.75, 3.05) is 11.9 Å². The average Bonchev–Trinajstić information content (AvgIpc) is 2.78. The van der Waals surface area contributed by atoms with Crippen LogP contribution in [-0.2, 0) is 0 Å². The fourth-order valence-corrected chi connectivity index (χ4v) is 1.75. The molecule has 1 atom stereocenters. The Kier molecular flexibility index (Phi) is 4.76. The number of aromatic nitrogens is 2. The predicted molar refractivity (Wildman–Crippen MR) is 77.3 cm³/mol. The number of carbonyl (C=O) groups excluding carboxylic acids is 1. The maximum atomic E-state index is 11.8. The zero-order valence-electron chi connectivity index (χ0n) is 12.2. The number of nitrogens with zero attached hydrogens (tertiary/aromatic N) is 2. The van der Waals surface area contributed by atoms with Gasteiger partial charge in [0.05, 0.1) is 12.7 Å². The fourth-order valence-electron chi connectivity index (χ4n) is 1.75. The van der Waals surface area contributed by atoms with Crippen molar-refractivity contribution in [2.45, 2.75) is 26.9 Å². The molecule has 0 bridgehead atoms. The fraction of sp³-hybridized carbons (Fsp3) is 0.357. The van der Waals surface area contributed by atoms with Gasteiger partial charge in [-0.2, -0.15) is 0 Å². The smallest absolute Gasteiger partial charge is 0.319 e. The number of rotatable bonds is 5. The summed E-state index contributed by atoms with van der Waals surface area (Å²) in [6, 6.07) is 3.28. The molecule has 0 saturated carbocycles. The number of pyridine rings is 1. The number of hydrogen-bond acceptors (Lipinski definition) is 5. The van der Waals surface area contributed by atoms with Gasteiger partial charge in [0.15, 0.2) is 5.76 Å². The van der Waals surface area contributed by atoms with Crippen molar-refractivity contribution in [3.8, 4) is 5.75 Å². The van der Waals surface area contributed by atoms with Crippen molar-refractivity contribution in [1.82, 2.24) is 15.5 Å². The lowest BCUT2D eigenvalue weighted by Gasteiger charge is -2.15. The minimum atomic E-state index is -0.328. The van der Waals surface area contributed by atoms with E-state index in [1.165, 1.54) is 0 Å². The summed E-state index contributed by atoms with van der Waals surface area (Å²) in [5, 5.41) is 9.21. The summed E-state index contributed by atoms with van der Waals surface area (Å²) in [6.07, 6.45) is 3.12. The molecule has 2 heterocycles. The van der Waals surface area contributed by atoms with Crippen LogP contribution >= 0.6 is 0 Å². The zero-order chi connectivity index (χ0) is 15.2. The molecule has 7 heteroatoms. The van der Waals surface area contributed by atoms with Crippen LogP contribution in [0, 0.1) is 13.8 Å². The van der Waals surface area contributed by atoms with Gasteiger partial charge in [-0.3, -0.25) is 4.98 Å². The third-order valence-electron chi connectivity index (χ3n) is 2.79. The second-order valence-corrected chi connectivity index (χ2v) is 4.65. The normalized spacial score (nSPS) is 11.8. The van der Waals surface area contributed by atoms with Gasteiger partial charge in [0.25, 0.3) is 0 Å². The summed E-state index contributed by atoms with van der Waals surface area (Å²) < 4.78 is 10.6. The minimum absolute atomic E-state index is 0.176. The summed E-state index contributed by atoms with van der Waals surface area (Å²) in [5.74, 6) is 1.24. The number of hydrogen-bond donors (Lipinski definition) is 2. The summed E-state index contributed by atoms with van der Waals surface area (Å²) >= 11 is 0. The summed E-state index contributed by atoms with van der Waals surface area (Å²) in [6.45, 7) is 5.73. The average molecular weight is 290 g/mol. The van der Waals surface area contributed by atoms with E-state index in [2.05, 4.69) is 20.8 Å². The van der Waals surface area contributed by atoms with Crippen LogP contribution in [0.3, 0.4) is 0 Å². The SMILES string of the molecule is Cc1noc(C)c1NC(=O)NC[C@H](C)Oc1cccnc1. The van der Waals surface area contributed by atoms with Gasteiger partial charge in [0, 0.05) is 6.20 Å². The molecule has 0 aliphatic heterocycles. The zero-order valence-corrected chi connectivity index (χ0v) is 12.2. The third-order valence-corrected chi connectivity index (χ3v) is 2.79. The predicted octanol–water partition coefficient (Wildman–Crippen LogP) is 2.28. The second-order valence-electron chi connectivity index (χ2n) is 4.65. The number of amides is 2. The number of nitrogens with one attached hydrogen (secondary N) is 2. The van der Waals surface area contributed by atoms with Crippen LogP contribution < -0.4 is 15.4 Å². The molecule has 112 valence electrons. The minimum Gasteiger partial charge on any atom is -0.487 e. The molecule has 0 fully saturated rings. The van der Waals surface area contributed by atoms with E-state index < -0.39 is 0 Å². The first-order valence-corrected chi connectivity index (χ1v) is 6.60. The Labute approximate surface area is 122 Å². The maximum Gasteiger partial charge on any atom is 0.319 e. The molecule has 0 aliphatic carbocycles. The van der Waals surface area contributed by atoms with E-state index in [1.807, 2.05) is 13.0 Å². The van der Waals surface area contributed by atoms with Gasteiger partial charge in [0.2, 0.25) is 0 Å². The van der Waals surface area contributed by atoms with Gasteiger partial charge in [-0.25, -0.2) is 4.79 Å². The first-order valence-electron chi connectivity index (χ1n) is 6.60. The largest absolute Gasteiger partial charge is 0.487 e. The van der Waals surface area contributed by atoms with E-state index in [9.17, 15) is 4.79 Å². The van der Waals surface area contributed by atoms with Gasteiger partial charge >= 0.3 is 6.03 Å². The molecule has 2 amide bonds. The van der Waals surface area contributed by atoms with Crippen LogP contribution in [-0.4, -0.2) is 28.8 Å². The van der Waals surface area contributed by atoms with Gasteiger partial charge in [-0.15, -0.1) is 0 Å². The highest BCUT2D eigenvalue weighted by atomic mass is 16.5. The Bertz CT molecular complexity index is 578. The van der Waals surface area contributed by atoms with Crippen LogP contribution in [0.15, 0.2) is 29.0 Å². The summed E-state index contributed by atoms with van der Waals surface area (Å²) in [5.41, 5.74) is 1.23. The molecule has 0 spiro atoms. The monoisotopic (exact) mass is 290 g/mol. The van der Waals surface area contributed by atoms with E-state index in [1.54, 1.807) is 32.3 Å². The van der Waals surface area contributed by atoms with Crippen molar-refractivity contribution in [2.24, 2.45) is 0 Å². The van der Waals surface area contributed by atoms with Gasteiger partial charge in [-0.05, 0) is 32.9 Å². The Morgan fingerprint density at radius 2 is 2.29 bits per heavy atom. The Morgan fingerprint density at radius 3 is 2.90 bits per heavy atom. The van der Waals surface area contributed by atoms with Crippen molar-refractivity contribution < 1.29 is 14.1 Å². The van der Waals surface area contributed by atoms with E-state index in [4.69, 9.17) is 9.26 Å². The number of ether oxygens (including phenoxy) is 1. The van der Waals surface area contributed by atoms with Crippen molar-refractivity contribution >= 4 is 11.7 Å². The lowest BCUT2D eigenvalue weighted by Crippen LogP contribution is -2.36. The van der Waals surface area contributed by atoms with E-state index >= 15 is 0 Å². The first-order chi connectivity index (χ1) is 10.1. The molecule has 2 N–H and O–H groups in total. The Hall–Kier alpha value is -2.57. The molecule has 0 aliphatic rings. The standard InChI is InChI=1S/C14H18N4O3/c1-9(20-12-5-4-6-15-8-12)7-16-14(19)17-13-10(2)18-21-11(13)3/h4-6,8-9H,7H2,1-3H3,(H2,16,17,19)/t9-/m0/s1. The molecule has 7 nitrogen and oxygen atoms in total. The summed E-state index contributed by atoms with van der Waals surface area (Å²) in [4.78, 5) is 15.8. The molecule has 0 unspecified atom stereocenters. The third kappa shape index (κ3) is 4.20. The van der Waals surface area contributed by atoms with Crippen LogP contribution in [0.25, 0.3) is 0 Å². The Morgan fingerprint density at radius 1 is 1.48 bits per heavy atom. The van der Waals surface area contributed by atoms with Crippen LogP contribution in [0.5, 0.6) is 5.75 Å². The second kappa shape index (κ2) is 6.74. The lowest BCUT2D eigenvalue weighted by atomic mass is 10.3. The van der Waals surface area contributed by atoms with Crippen LogP contribution in [0.4, 0.5) is 10.5 Å². The van der Waals surface area contributed by atoms with E-state index in [0.717, 1.165) is 0 Å². The van der Waals surface area contributed by atoms with E-state index in [0.29, 0.717) is 29.4 Å². The summed E-state index contributed by atoms with van der Waals surface area (Å²) in [7, 11) is 0. The first kappa shape index (κ1) is 14.8. The number of urea groups is 1. The van der Waals surface area contributed by atoms with Gasteiger partial charge in [0.1, 0.15) is 23.2 Å². The highest BCUT2D eigenvalue weighted by molar-refractivity contribution is 5.90. The molecule has 0 radical (unpaired) electrons. The molecule has 2 rings (SSSR count). The highest BCUT2D eigenvalue weighted by Crippen LogP contribution is 2.18. The van der Waals surface area contributed by atoms with Crippen LogP contribution in [0.2, 0.25) is 0 Å². The number of anilines is 1. The Balaban J connectivity index is 1.79. The van der Waals surface area contributed by atoms with E-state index in [-0.39, 0.29) is 12.1 Å². The molecule has 0 saturated heterocycles. The molecule has 0 aromatic carbocycles. The van der Waals surface area contributed by atoms with Crippen molar-refractivity contribution in [3.05, 3.63) is 36.0 Å². The molecule has 2 aromatic rings. The molecular weight excluding hydrogens is 272 g/mol. The van der Waals surface area contributed by atoms with Crippen LogP contribution in [0.1, 0.15) is 18.4 Å². The van der Waals surface area contributed by atoms with Gasteiger partial charge < -0.3 is 19.9 Å². The number of aryl methyl sites for hydroxylation is 2. The molecule has 21 heavy (non-hydrogen) atoms.